The first-order chi connectivity index (χ1) is 10.4. The Labute approximate surface area is 126 Å². The molecule has 7 heteroatoms. The number of alkyl halides is 2. The predicted octanol–water partition coefficient (Wildman–Crippen LogP) is 3.30. The topological polar surface area (TPSA) is 56.2 Å². The molecular formula is C15H17F2N3O2. The monoisotopic (exact) mass is 309 g/mol. The molecule has 1 aromatic carbocycles. The molecule has 1 heterocycles. The van der Waals surface area contributed by atoms with Crippen molar-refractivity contribution >= 4 is 11.6 Å². The average molecular weight is 309 g/mol. The highest BCUT2D eigenvalue weighted by Gasteiger charge is 2.18. The largest absolute Gasteiger partial charge is 0.433 e. The number of nitrogens with one attached hydrogen (secondary N) is 1. The summed E-state index contributed by atoms with van der Waals surface area (Å²) in [6.45, 7) is 2.33. The van der Waals surface area contributed by atoms with Crippen LogP contribution < -0.4 is 10.1 Å². The van der Waals surface area contributed by atoms with Gasteiger partial charge in [-0.2, -0.15) is 13.9 Å². The lowest BCUT2D eigenvalue weighted by Gasteiger charge is -2.16. The van der Waals surface area contributed by atoms with Gasteiger partial charge in [-0.3, -0.25) is 9.48 Å². The second-order valence-corrected chi connectivity index (χ2v) is 5.04. The molecule has 0 saturated heterocycles. The number of halogens is 2. The van der Waals surface area contributed by atoms with Crippen molar-refractivity contribution in [3.63, 3.8) is 0 Å². The van der Waals surface area contributed by atoms with Gasteiger partial charge in [-0.1, -0.05) is 6.07 Å². The molecule has 0 fully saturated rings. The molecule has 0 aliphatic rings. The summed E-state index contributed by atoms with van der Waals surface area (Å²) in [6, 6.07) is 4.11. The van der Waals surface area contributed by atoms with Gasteiger partial charge in [-0.05, 0) is 44.0 Å². The molecule has 0 aliphatic carbocycles. The van der Waals surface area contributed by atoms with Crippen LogP contribution >= 0.6 is 0 Å². The zero-order chi connectivity index (χ0) is 16.3. The Morgan fingerprint density at radius 3 is 2.64 bits per heavy atom. The summed E-state index contributed by atoms with van der Waals surface area (Å²) in [4.78, 5) is 12.2. The van der Waals surface area contributed by atoms with Crippen LogP contribution in [0.2, 0.25) is 0 Å². The molecule has 2 aromatic rings. The van der Waals surface area contributed by atoms with Crippen molar-refractivity contribution in [3.05, 3.63) is 41.7 Å². The lowest BCUT2D eigenvalue weighted by Crippen LogP contribution is -2.24. The standard InChI is InChI=1S/C15H17F2N3O2/c1-9-4-5-12(13(6-9)22-15(16)17)19-14(21)11(3)20-8-10(2)7-18-20/h4-8,11,15H,1-3H3,(H,19,21). The van der Waals surface area contributed by atoms with E-state index in [4.69, 9.17) is 0 Å². The van der Waals surface area contributed by atoms with Crippen molar-refractivity contribution in [2.24, 2.45) is 0 Å². The van der Waals surface area contributed by atoms with Crippen LogP contribution in [0.1, 0.15) is 24.1 Å². The zero-order valence-electron chi connectivity index (χ0n) is 12.5. The Kier molecular flexibility index (Phi) is 4.75. The number of hydrogen-bond donors (Lipinski definition) is 1. The number of aromatic nitrogens is 2. The van der Waals surface area contributed by atoms with E-state index in [0.29, 0.717) is 0 Å². The van der Waals surface area contributed by atoms with E-state index < -0.39 is 12.7 Å². The minimum Gasteiger partial charge on any atom is -0.433 e. The number of amides is 1. The highest BCUT2D eigenvalue weighted by Crippen LogP contribution is 2.28. The van der Waals surface area contributed by atoms with Gasteiger partial charge in [0.1, 0.15) is 11.8 Å². The van der Waals surface area contributed by atoms with Crippen molar-refractivity contribution < 1.29 is 18.3 Å². The number of aryl methyl sites for hydroxylation is 2. The minimum absolute atomic E-state index is 0.0628. The molecule has 0 aliphatic heterocycles. The van der Waals surface area contributed by atoms with Gasteiger partial charge in [-0.25, -0.2) is 0 Å². The fourth-order valence-corrected chi connectivity index (χ4v) is 1.93. The molecule has 1 amide bonds. The van der Waals surface area contributed by atoms with E-state index in [1.807, 2.05) is 6.92 Å². The molecule has 22 heavy (non-hydrogen) atoms. The van der Waals surface area contributed by atoms with Crippen LogP contribution in [-0.4, -0.2) is 22.3 Å². The van der Waals surface area contributed by atoms with E-state index in [-0.39, 0.29) is 17.3 Å². The average Bonchev–Trinajstić information content (AvgIpc) is 2.87. The van der Waals surface area contributed by atoms with E-state index in [9.17, 15) is 13.6 Å². The summed E-state index contributed by atoms with van der Waals surface area (Å²) < 4.78 is 30.8. The molecule has 0 saturated carbocycles. The van der Waals surface area contributed by atoms with Gasteiger partial charge in [0.25, 0.3) is 0 Å². The lowest BCUT2D eigenvalue weighted by molar-refractivity contribution is -0.119. The van der Waals surface area contributed by atoms with Crippen LogP contribution in [0.3, 0.4) is 0 Å². The number of carbonyl (C=O) groups is 1. The minimum atomic E-state index is -2.95. The Bertz CT molecular complexity index is 671. The lowest BCUT2D eigenvalue weighted by atomic mass is 10.2. The van der Waals surface area contributed by atoms with Crippen molar-refractivity contribution in [1.82, 2.24) is 9.78 Å². The fourth-order valence-electron chi connectivity index (χ4n) is 1.93. The molecular weight excluding hydrogens is 292 g/mol. The van der Waals surface area contributed by atoms with E-state index in [1.54, 1.807) is 32.3 Å². The van der Waals surface area contributed by atoms with Crippen LogP contribution in [-0.2, 0) is 4.79 Å². The fraction of sp³-hybridized carbons (Fsp3) is 0.333. The normalized spacial score (nSPS) is 12.3. The summed E-state index contributed by atoms with van der Waals surface area (Å²) in [5, 5.41) is 6.66. The third kappa shape index (κ3) is 3.81. The molecule has 0 radical (unpaired) electrons. The van der Waals surface area contributed by atoms with Crippen LogP contribution in [0.4, 0.5) is 14.5 Å². The molecule has 1 N–H and O–H groups in total. The van der Waals surface area contributed by atoms with Gasteiger partial charge in [0, 0.05) is 6.20 Å². The number of rotatable bonds is 5. The smallest absolute Gasteiger partial charge is 0.387 e. The van der Waals surface area contributed by atoms with Crippen molar-refractivity contribution in [2.75, 3.05) is 5.32 Å². The molecule has 1 unspecified atom stereocenters. The molecule has 5 nitrogen and oxygen atoms in total. The summed E-state index contributed by atoms with van der Waals surface area (Å²) in [5.74, 6) is -0.432. The first kappa shape index (κ1) is 15.9. The molecule has 0 bridgehead atoms. The number of hydrogen-bond acceptors (Lipinski definition) is 3. The summed E-state index contributed by atoms with van der Waals surface area (Å²) in [6.07, 6.45) is 3.37. The molecule has 1 aromatic heterocycles. The second kappa shape index (κ2) is 6.55. The van der Waals surface area contributed by atoms with E-state index in [0.717, 1.165) is 11.1 Å². The Hall–Kier alpha value is -2.44. The second-order valence-electron chi connectivity index (χ2n) is 5.04. The third-order valence-corrected chi connectivity index (χ3v) is 3.12. The maximum atomic E-state index is 12.4. The Morgan fingerprint density at radius 1 is 1.32 bits per heavy atom. The first-order valence-corrected chi connectivity index (χ1v) is 6.74. The van der Waals surface area contributed by atoms with Crippen molar-refractivity contribution in [3.8, 4) is 5.75 Å². The molecule has 2 rings (SSSR count). The van der Waals surface area contributed by atoms with Gasteiger partial charge in [0.05, 0.1) is 11.9 Å². The number of anilines is 1. The van der Waals surface area contributed by atoms with Crippen LogP contribution in [0.25, 0.3) is 0 Å². The number of ether oxygens (including phenoxy) is 1. The summed E-state index contributed by atoms with van der Waals surface area (Å²) in [7, 11) is 0. The number of benzene rings is 1. The number of carbonyl (C=O) groups excluding carboxylic acids is 1. The molecule has 0 spiro atoms. The maximum absolute atomic E-state index is 12.4. The summed E-state index contributed by atoms with van der Waals surface area (Å²) in [5.41, 5.74) is 1.88. The zero-order valence-corrected chi connectivity index (χ0v) is 12.5. The quantitative estimate of drug-likeness (QED) is 0.922. The van der Waals surface area contributed by atoms with Crippen molar-refractivity contribution in [2.45, 2.75) is 33.4 Å². The van der Waals surface area contributed by atoms with E-state index >= 15 is 0 Å². The maximum Gasteiger partial charge on any atom is 0.387 e. The predicted molar refractivity (Wildman–Crippen MR) is 78.1 cm³/mol. The molecule has 1 atom stereocenters. The Balaban J connectivity index is 2.17. The van der Waals surface area contributed by atoms with E-state index in [1.165, 1.54) is 16.8 Å². The van der Waals surface area contributed by atoms with Gasteiger partial charge in [0.15, 0.2) is 0 Å². The van der Waals surface area contributed by atoms with Crippen LogP contribution in [0.15, 0.2) is 30.6 Å². The SMILES string of the molecule is Cc1ccc(NC(=O)C(C)n2cc(C)cn2)c(OC(F)F)c1. The van der Waals surface area contributed by atoms with Gasteiger partial charge >= 0.3 is 6.61 Å². The van der Waals surface area contributed by atoms with Crippen LogP contribution in [0, 0.1) is 13.8 Å². The highest BCUT2D eigenvalue weighted by atomic mass is 19.3. The van der Waals surface area contributed by atoms with Crippen molar-refractivity contribution in [1.29, 1.82) is 0 Å². The number of nitrogens with zero attached hydrogens (tertiary/aromatic N) is 2. The highest BCUT2D eigenvalue weighted by molar-refractivity contribution is 5.94. The first-order valence-electron chi connectivity index (χ1n) is 6.74. The Morgan fingerprint density at radius 2 is 2.05 bits per heavy atom. The molecule has 118 valence electrons. The van der Waals surface area contributed by atoms with Crippen LogP contribution in [0.5, 0.6) is 5.75 Å². The van der Waals surface area contributed by atoms with Gasteiger partial charge in [0.2, 0.25) is 5.91 Å². The third-order valence-electron chi connectivity index (χ3n) is 3.12. The van der Waals surface area contributed by atoms with Gasteiger partial charge in [-0.15, -0.1) is 0 Å². The summed E-state index contributed by atoms with van der Waals surface area (Å²) >= 11 is 0. The van der Waals surface area contributed by atoms with Gasteiger partial charge < -0.3 is 10.1 Å². The van der Waals surface area contributed by atoms with E-state index in [2.05, 4.69) is 15.2 Å².